The average Bonchev–Trinajstić information content (AvgIpc) is 2.84. The third kappa shape index (κ3) is 5.03. The lowest BCUT2D eigenvalue weighted by atomic mass is 10.2. The van der Waals surface area contributed by atoms with Crippen LogP contribution in [0.1, 0.15) is 42.5 Å². The molecule has 134 valence electrons. The van der Waals surface area contributed by atoms with Gasteiger partial charge >= 0.3 is 12.1 Å². The molecule has 2 rings (SSSR count). The van der Waals surface area contributed by atoms with Crippen LogP contribution in [0.25, 0.3) is 0 Å². The molecule has 0 aliphatic heterocycles. The van der Waals surface area contributed by atoms with Crippen LogP contribution in [0.4, 0.5) is 10.6 Å². The minimum atomic E-state index is -0.590. The highest BCUT2D eigenvalue weighted by Crippen LogP contribution is 2.15. The smallest absolute Gasteiger partial charge is 0.413 e. The Morgan fingerprint density at radius 3 is 2.68 bits per heavy atom. The molecule has 8 nitrogen and oxygen atoms in total. The number of methoxy groups -OCH3 is 1. The first-order valence-corrected chi connectivity index (χ1v) is 7.76. The second-order valence-corrected chi connectivity index (χ2v) is 6.46. The van der Waals surface area contributed by atoms with Crippen molar-refractivity contribution in [2.24, 2.45) is 0 Å². The van der Waals surface area contributed by atoms with Gasteiger partial charge in [-0.3, -0.25) is 10.00 Å². The number of rotatable bonds is 4. The van der Waals surface area contributed by atoms with Gasteiger partial charge in [0, 0.05) is 23.5 Å². The summed E-state index contributed by atoms with van der Waals surface area (Å²) in [5, 5.41) is 6.92. The Morgan fingerprint density at radius 1 is 1.32 bits per heavy atom. The molecule has 0 bridgehead atoms. The van der Waals surface area contributed by atoms with E-state index in [0.717, 1.165) is 5.69 Å². The van der Waals surface area contributed by atoms with Gasteiger partial charge in [-0.2, -0.15) is 5.10 Å². The zero-order valence-electron chi connectivity index (χ0n) is 15.0. The second kappa shape index (κ2) is 7.33. The minimum absolute atomic E-state index is 0.238. The molecule has 0 saturated heterocycles. The van der Waals surface area contributed by atoms with Crippen molar-refractivity contribution in [3.05, 3.63) is 41.3 Å². The fourth-order valence-electron chi connectivity index (χ4n) is 2.15. The summed E-state index contributed by atoms with van der Waals surface area (Å²) in [5.41, 5.74) is 1.13. The zero-order valence-corrected chi connectivity index (χ0v) is 15.0. The predicted molar refractivity (Wildman–Crippen MR) is 91.5 cm³/mol. The number of pyridine rings is 1. The van der Waals surface area contributed by atoms with Crippen LogP contribution in [0.15, 0.2) is 24.4 Å². The summed E-state index contributed by atoms with van der Waals surface area (Å²) < 4.78 is 11.6. The van der Waals surface area contributed by atoms with Crippen LogP contribution < -0.4 is 5.32 Å². The molecule has 0 spiro atoms. The number of anilines is 1. The highest BCUT2D eigenvalue weighted by molar-refractivity contribution is 5.88. The number of aromatic nitrogens is 3. The summed E-state index contributed by atoms with van der Waals surface area (Å²) in [7, 11) is 1.31. The first kappa shape index (κ1) is 18.4. The van der Waals surface area contributed by atoms with Crippen LogP contribution >= 0.6 is 0 Å². The lowest BCUT2D eigenvalue weighted by Crippen LogP contribution is -2.27. The van der Waals surface area contributed by atoms with Crippen LogP contribution in [0.5, 0.6) is 0 Å². The quantitative estimate of drug-likeness (QED) is 0.855. The van der Waals surface area contributed by atoms with Gasteiger partial charge in [0.1, 0.15) is 5.60 Å². The highest BCUT2D eigenvalue weighted by atomic mass is 16.6. The molecule has 0 unspecified atom stereocenters. The summed E-state index contributed by atoms with van der Waals surface area (Å²) in [6, 6.07) is 5.24. The summed E-state index contributed by atoms with van der Waals surface area (Å²) in [6.07, 6.45) is 0.954. The topological polar surface area (TPSA) is 95.3 Å². The van der Waals surface area contributed by atoms with Gasteiger partial charge in [0.25, 0.3) is 0 Å². The number of carbonyl (C=O) groups is 2. The van der Waals surface area contributed by atoms with Crippen molar-refractivity contribution in [3.63, 3.8) is 0 Å². The Kier molecular flexibility index (Phi) is 5.41. The summed E-state index contributed by atoms with van der Waals surface area (Å²) in [6.45, 7) is 7.52. The number of ether oxygens (including phenoxy) is 2. The van der Waals surface area contributed by atoms with Crippen molar-refractivity contribution in [2.45, 2.75) is 39.8 Å². The molecule has 1 N–H and O–H groups in total. The maximum Gasteiger partial charge on any atom is 0.413 e. The van der Waals surface area contributed by atoms with E-state index in [1.165, 1.54) is 13.3 Å². The van der Waals surface area contributed by atoms with Crippen molar-refractivity contribution >= 4 is 17.9 Å². The van der Waals surface area contributed by atoms with Crippen LogP contribution in [0.2, 0.25) is 0 Å². The second-order valence-electron chi connectivity index (χ2n) is 6.46. The number of hydrogen-bond acceptors (Lipinski definition) is 6. The average molecular weight is 346 g/mol. The Balaban J connectivity index is 2.16. The molecule has 2 heterocycles. The number of amides is 1. The first-order chi connectivity index (χ1) is 11.7. The predicted octanol–water partition coefficient (Wildman–Crippen LogP) is 2.77. The largest absolute Gasteiger partial charge is 0.464 e. The summed E-state index contributed by atoms with van der Waals surface area (Å²) in [4.78, 5) is 27.7. The summed E-state index contributed by atoms with van der Waals surface area (Å²) >= 11 is 0. The van der Waals surface area contributed by atoms with Crippen LogP contribution in [0.3, 0.4) is 0 Å². The van der Waals surface area contributed by atoms with E-state index in [-0.39, 0.29) is 5.69 Å². The normalized spacial score (nSPS) is 11.1. The van der Waals surface area contributed by atoms with E-state index in [1.54, 1.807) is 43.7 Å². The number of esters is 1. The van der Waals surface area contributed by atoms with Crippen molar-refractivity contribution in [2.75, 3.05) is 12.4 Å². The van der Waals surface area contributed by atoms with Crippen LogP contribution in [-0.4, -0.2) is 39.5 Å². The molecule has 0 aliphatic carbocycles. The van der Waals surface area contributed by atoms with Crippen molar-refractivity contribution < 1.29 is 19.1 Å². The molecule has 2 aromatic rings. The molecule has 0 saturated carbocycles. The fraction of sp³-hybridized carbons (Fsp3) is 0.412. The molecular formula is C17H22N4O4. The van der Waals surface area contributed by atoms with Gasteiger partial charge in [-0.25, -0.2) is 14.6 Å². The fourth-order valence-corrected chi connectivity index (χ4v) is 2.15. The van der Waals surface area contributed by atoms with Crippen molar-refractivity contribution in [1.82, 2.24) is 14.8 Å². The van der Waals surface area contributed by atoms with Crippen molar-refractivity contribution in [1.29, 1.82) is 0 Å². The molecule has 0 atom stereocenters. The molecular weight excluding hydrogens is 324 g/mol. The minimum Gasteiger partial charge on any atom is -0.464 e. The maximum absolute atomic E-state index is 11.8. The zero-order chi connectivity index (χ0) is 18.6. The number of aryl methyl sites for hydroxylation is 1. The van der Waals surface area contributed by atoms with Gasteiger partial charge in [-0.1, -0.05) is 6.07 Å². The molecule has 0 aliphatic rings. The summed E-state index contributed by atoms with van der Waals surface area (Å²) in [5.74, 6) is -0.136. The van der Waals surface area contributed by atoms with Crippen LogP contribution in [-0.2, 0) is 16.0 Å². The molecule has 25 heavy (non-hydrogen) atoms. The Hall–Kier alpha value is -2.90. The van der Waals surface area contributed by atoms with Crippen molar-refractivity contribution in [3.8, 4) is 0 Å². The number of nitrogens with one attached hydrogen (secondary N) is 1. The van der Waals surface area contributed by atoms with E-state index in [1.807, 2.05) is 6.92 Å². The lowest BCUT2D eigenvalue weighted by molar-refractivity contribution is 0.0590. The van der Waals surface area contributed by atoms with Gasteiger partial charge in [0.05, 0.1) is 13.7 Å². The lowest BCUT2D eigenvalue weighted by Gasteiger charge is -2.19. The van der Waals surface area contributed by atoms with Gasteiger partial charge < -0.3 is 9.47 Å². The van der Waals surface area contributed by atoms with Gasteiger partial charge in [0.2, 0.25) is 0 Å². The molecule has 2 aromatic heterocycles. The Morgan fingerprint density at radius 2 is 2.04 bits per heavy atom. The SMILES string of the molecule is COC(=O)c1ncccc1Cn1nc(NC(=O)OC(C)(C)C)cc1C. The molecule has 0 radical (unpaired) electrons. The van der Waals surface area contributed by atoms with E-state index in [4.69, 9.17) is 9.47 Å². The third-order valence-corrected chi connectivity index (χ3v) is 3.20. The maximum atomic E-state index is 11.8. The van der Waals surface area contributed by atoms with E-state index in [2.05, 4.69) is 15.4 Å². The monoisotopic (exact) mass is 346 g/mol. The van der Waals surface area contributed by atoms with Gasteiger partial charge in [-0.15, -0.1) is 0 Å². The Labute approximate surface area is 146 Å². The first-order valence-electron chi connectivity index (χ1n) is 7.76. The van der Waals surface area contributed by atoms with E-state index in [9.17, 15) is 9.59 Å². The molecule has 1 amide bonds. The van der Waals surface area contributed by atoms with Gasteiger partial charge in [0.15, 0.2) is 11.5 Å². The number of nitrogens with zero attached hydrogens (tertiary/aromatic N) is 3. The van der Waals surface area contributed by atoms with E-state index in [0.29, 0.717) is 17.9 Å². The van der Waals surface area contributed by atoms with Gasteiger partial charge in [-0.05, 0) is 33.8 Å². The highest BCUT2D eigenvalue weighted by Gasteiger charge is 2.18. The van der Waals surface area contributed by atoms with E-state index < -0.39 is 17.7 Å². The third-order valence-electron chi connectivity index (χ3n) is 3.20. The standard InChI is InChI=1S/C17H22N4O4/c1-11-9-13(19-16(23)25-17(2,3)4)20-21(11)10-12-7-6-8-18-14(12)15(22)24-5/h6-9H,10H2,1-5H3,(H,19,20,23). The molecule has 0 fully saturated rings. The number of carbonyl (C=O) groups excluding carboxylic acids is 2. The number of hydrogen-bond donors (Lipinski definition) is 1. The Bertz CT molecular complexity index is 777. The van der Waals surface area contributed by atoms with Crippen LogP contribution in [0, 0.1) is 6.92 Å². The van der Waals surface area contributed by atoms with E-state index >= 15 is 0 Å². The molecule has 8 heteroatoms. The molecule has 0 aromatic carbocycles.